The molecule has 0 spiro atoms. The van der Waals surface area contributed by atoms with Gasteiger partial charge < -0.3 is 0 Å². The maximum Gasteiger partial charge on any atom is 0.282 e. The Bertz CT molecular complexity index is 999. The Morgan fingerprint density at radius 1 is 1.10 bits per heavy atom. The molecule has 31 heavy (non-hydrogen) atoms. The predicted octanol–water partition coefficient (Wildman–Crippen LogP) is 4.80. The Morgan fingerprint density at radius 3 is 2.45 bits per heavy atom. The van der Waals surface area contributed by atoms with Crippen LogP contribution >= 0.6 is 11.6 Å². The lowest BCUT2D eigenvalue weighted by Gasteiger charge is -2.27. The first kappa shape index (κ1) is 20.5. The lowest BCUT2D eigenvalue weighted by molar-refractivity contribution is -0.119. The Labute approximate surface area is 186 Å². The molecule has 2 heterocycles. The topological polar surface area (TPSA) is 47.9 Å². The number of hydrazone groups is 1. The van der Waals surface area contributed by atoms with Crippen molar-refractivity contribution in [3.63, 3.8) is 0 Å². The van der Waals surface area contributed by atoms with Gasteiger partial charge in [-0.05, 0) is 54.5 Å². The summed E-state index contributed by atoms with van der Waals surface area (Å²) in [6, 6.07) is 13.6. The fourth-order valence-electron chi connectivity index (χ4n) is 5.34. The van der Waals surface area contributed by atoms with Crippen molar-refractivity contribution in [3.05, 3.63) is 64.9 Å². The SMILES string of the molecule is C[C@@H]1C(C(=O)NN2CC3CCCC3C2)=NN(c2ccccc2Cl)[C@@H]1c1ccc(F)cc1. The quantitative estimate of drug-likeness (QED) is 0.743. The summed E-state index contributed by atoms with van der Waals surface area (Å²) in [5, 5.41) is 9.13. The molecule has 2 fully saturated rings. The van der Waals surface area contributed by atoms with Crippen molar-refractivity contribution in [2.45, 2.75) is 32.2 Å². The monoisotopic (exact) mass is 440 g/mol. The molecule has 162 valence electrons. The van der Waals surface area contributed by atoms with Crippen molar-refractivity contribution in [2.75, 3.05) is 18.1 Å². The first-order chi connectivity index (χ1) is 15.0. The van der Waals surface area contributed by atoms with Gasteiger partial charge in [0.25, 0.3) is 5.91 Å². The molecular formula is C24H26ClFN4O. The van der Waals surface area contributed by atoms with Crippen LogP contribution in [0.2, 0.25) is 5.02 Å². The number of hydrogen-bond acceptors (Lipinski definition) is 4. The fourth-order valence-corrected chi connectivity index (χ4v) is 5.56. The molecule has 1 aliphatic carbocycles. The summed E-state index contributed by atoms with van der Waals surface area (Å²) in [4.78, 5) is 13.2. The van der Waals surface area contributed by atoms with Crippen LogP contribution in [0.25, 0.3) is 0 Å². The summed E-state index contributed by atoms with van der Waals surface area (Å²) in [6.07, 6.45) is 3.80. The number of hydrogen-bond donors (Lipinski definition) is 1. The maximum absolute atomic E-state index is 13.6. The van der Waals surface area contributed by atoms with Crippen LogP contribution in [0.1, 0.15) is 37.8 Å². The zero-order valence-electron chi connectivity index (χ0n) is 17.5. The van der Waals surface area contributed by atoms with Crippen molar-refractivity contribution < 1.29 is 9.18 Å². The number of rotatable bonds is 4. The summed E-state index contributed by atoms with van der Waals surface area (Å²) < 4.78 is 13.6. The highest BCUT2D eigenvalue weighted by Crippen LogP contribution is 2.42. The number of halogens is 2. The maximum atomic E-state index is 13.6. The highest BCUT2D eigenvalue weighted by atomic mass is 35.5. The molecule has 4 atom stereocenters. The minimum Gasteiger partial charge on any atom is -0.284 e. The minimum absolute atomic E-state index is 0.172. The van der Waals surface area contributed by atoms with Crippen molar-refractivity contribution in [1.82, 2.24) is 10.4 Å². The van der Waals surface area contributed by atoms with Crippen LogP contribution in [0.5, 0.6) is 0 Å². The largest absolute Gasteiger partial charge is 0.284 e. The number of benzene rings is 2. The molecule has 1 amide bonds. The van der Waals surface area contributed by atoms with Crippen LogP contribution in [-0.2, 0) is 4.79 Å². The van der Waals surface area contributed by atoms with Crippen molar-refractivity contribution in [3.8, 4) is 0 Å². The smallest absolute Gasteiger partial charge is 0.282 e. The van der Waals surface area contributed by atoms with E-state index >= 15 is 0 Å². The molecule has 0 radical (unpaired) electrons. The van der Waals surface area contributed by atoms with Gasteiger partial charge in [-0.25, -0.2) is 9.40 Å². The van der Waals surface area contributed by atoms with Crippen LogP contribution in [0.3, 0.4) is 0 Å². The third-order valence-electron chi connectivity index (χ3n) is 6.91. The number of para-hydroxylation sites is 1. The van der Waals surface area contributed by atoms with Crippen molar-refractivity contribution in [1.29, 1.82) is 0 Å². The van der Waals surface area contributed by atoms with Gasteiger partial charge in [0.05, 0.1) is 16.8 Å². The van der Waals surface area contributed by atoms with E-state index in [1.54, 1.807) is 23.2 Å². The van der Waals surface area contributed by atoms with E-state index in [0.29, 0.717) is 22.6 Å². The number of carbonyl (C=O) groups excluding carboxylic acids is 1. The standard InChI is InChI=1S/C24H26ClFN4O/c1-15-22(24(31)28-29-13-17-5-4-6-18(17)14-29)27-30(21-8-3-2-7-20(21)25)23(15)16-9-11-19(26)12-10-16/h2-3,7-12,15,17-18,23H,4-6,13-14H2,1H3,(H,28,31)/t15-,17?,18?,23+/m1/s1. The van der Waals surface area contributed by atoms with Crippen LogP contribution in [-0.4, -0.2) is 29.7 Å². The van der Waals surface area contributed by atoms with Crippen LogP contribution < -0.4 is 10.4 Å². The average molecular weight is 441 g/mol. The second-order valence-electron chi connectivity index (χ2n) is 8.86. The summed E-state index contributed by atoms with van der Waals surface area (Å²) in [5.41, 5.74) is 5.17. The second-order valence-corrected chi connectivity index (χ2v) is 9.27. The highest BCUT2D eigenvalue weighted by Gasteiger charge is 2.42. The molecule has 5 nitrogen and oxygen atoms in total. The molecule has 2 aromatic rings. The van der Waals surface area contributed by atoms with Gasteiger partial charge in [0, 0.05) is 19.0 Å². The number of anilines is 1. The molecule has 0 bridgehead atoms. The number of hydrazine groups is 1. The van der Waals surface area contributed by atoms with Gasteiger partial charge in [-0.2, -0.15) is 5.10 Å². The van der Waals surface area contributed by atoms with Crippen molar-refractivity contribution >= 4 is 28.9 Å². The Balaban J connectivity index is 1.43. The van der Waals surface area contributed by atoms with E-state index in [0.717, 1.165) is 24.3 Å². The summed E-state index contributed by atoms with van der Waals surface area (Å²) >= 11 is 6.47. The van der Waals surface area contributed by atoms with Gasteiger partial charge in [0.15, 0.2) is 0 Å². The first-order valence-electron chi connectivity index (χ1n) is 10.9. The molecule has 7 heteroatoms. The summed E-state index contributed by atoms with van der Waals surface area (Å²) in [5.74, 6) is 0.722. The second kappa shape index (κ2) is 8.24. The molecule has 2 aliphatic heterocycles. The number of fused-ring (bicyclic) bond motifs is 1. The summed E-state index contributed by atoms with van der Waals surface area (Å²) in [7, 11) is 0. The number of amides is 1. The molecule has 2 unspecified atom stereocenters. The molecule has 0 aromatic heterocycles. The van der Waals surface area contributed by atoms with E-state index in [1.807, 2.05) is 25.1 Å². The van der Waals surface area contributed by atoms with Gasteiger partial charge in [0.1, 0.15) is 11.5 Å². The van der Waals surface area contributed by atoms with Gasteiger partial charge >= 0.3 is 0 Å². The van der Waals surface area contributed by atoms with Gasteiger partial charge in [0.2, 0.25) is 0 Å². The Hall–Kier alpha value is -2.44. The zero-order chi connectivity index (χ0) is 21.5. The van der Waals surface area contributed by atoms with E-state index < -0.39 is 0 Å². The Kier molecular flexibility index (Phi) is 5.44. The normalized spacial score (nSPS) is 28.0. The molecule has 5 rings (SSSR count). The van der Waals surface area contributed by atoms with Crippen LogP contribution in [0.4, 0.5) is 10.1 Å². The molecular weight excluding hydrogens is 415 g/mol. The van der Waals surface area contributed by atoms with E-state index in [4.69, 9.17) is 16.7 Å². The average Bonchev–Trinajstić information content (AvgIpc) is 3.43. The third-order valence-corrected chi connectivity index (χ3v) is 7.23. The molecule has 1 saturated carbocycles. The zero-order valence-corrected chi connectivity index (χ0v) is 18.2. The van der Waals surface area contributed by atoms with Crippen LogP contribution in [0.15, 0.2) is 53.6 Å². The molecule has 1 N–H and O–H groups in total. The van der Waals surface area contributed by atoms with Gasteiger partial charge in [-0.3, -0.25) is 15.2 Å². The Morgan fingerprint density at radius 2 is 1.77 bits per heavy atom. The summed E-state index contributed by atoms with van der Waals surface area (Å²) in [6.45, 7) is 3.81. The van der Waals surface area contributed by atoms with E-state index in [-0.39, 0.29) is 23.7 Å². The molecule has 1 saturated heterocycles. The van der Waals surface area contributed by atoms with E-state index in [2.05, 4.69) is 10.4 Å². The van der Waals surface area contributed by atoms with Gasteiger partial charge in [-0.15, -0.1) is 0 Å². The molecule has 3 aliphatic rings. The molecule has 2 aromatic carbocycles. The fraction of sp³-hybridized carbons (Fsp3) is 0.417. The van der Waals surface area contributed by atoms with E-state index in [1.165, 1.54) is 31.4 Å². The number of nitrogens with one attached hydrogen (secondary N) is 1. The first-order valence-corrected chi connectivity index (χ1v) is 11.3. The minimum atomic E-state index is -0.294. The van der Waals surface area contributed by atoms with E-state index in [9.17, 15) is 9.18 Å². The number of nitrogens with zero attached hydrogens (tertiary/aromatic N) is 3. The lowest BCUT2D eigenvalue weighted by atomic mass is 9.91. The van der Waals surface area contributed by atoms with Crippen LogP contribution in [0, 0.1) is 23.6 Å². The lowest BCUT2D eigenvalue weighted by Crippen LogP contribution is -2.45. The third kappa shape index (κ3) is 3.83. The predicted molar refractivity (Wildman–Crippen MR) is 120 cm³/mol. The highest BCUT2D eigenvalue weighted by molar-refractivity contribution is 6.40. The number of carbonyl (C=O) groups is 1. The van der Waals surface area contributed by atoms with Gasteiger partial charge in [-0.1, -0.05) is 49.2 Å². The van der Waals surface area contributed by atoms with Crippen molar-refractivity contribution in [2.24, 2.45) is 22.9 Å².